The minimum absolute atomic E-state index is 0.0453. The van der Waals surface area contributed by atoms with Gasteiger partial charge in [-0.2, -0.15) is 0 Å². The van der Waals surface area contributed by atoms with Gasteiger partial charge in [0.2, 0.25) is 0 Å². The number of alkyl halides is 4. The Morgan fingerprint density at radius 1 is 0.909 bits per heavy atom. The highest BCUT2D eigenvalue weighted by Crippen LogP contribution is 2.29. The van der Waals surface area contributed by atoms with Crippen LogP contribution in [0.15, 0.2) is 39.3 Å². The van der Waals surface area contributed by atoms with Crippen molar-refractivity contribution in [2.75, 3.05) is 13.2 Å². The summed E-state index contributed by atoms with van der Waals surface area (Å²) in [4.78, 5) is 20.9. The van der Waals surface area contributed by atoms with Gasteiger partial charge >= 0.3 is 11.4 Å². The van der Waals surface area contributed by atoms with Crippen LogP contribution >= 0.6 is 43.5 Å². The first-order valence-corrected chi connectivity index (χ1v) is 10.8. The molecule has 33 heavy (non-hydrogen) atoms. The first-order valence-electron chi connectivity index (χ1n) is 8.85. The lowest BCUT2D eigenvalue weighted by molar-refractivity contribution is 0.0518. The van der Waals surface area contributed by atoms with Crippen LogP contribution in [0.5, 0.6) is 0 Å². The second-order valence-electron chi connectivity index (χ2n) is 5.48. The summed E-state index contributed by atoms with van der Waals surface area (Å²) in [5.41, 5.74) is -2.61. The van der Waals surface area contributed by atoms with E-state index in [1.165, 1.54) is 12.1 Å². The molecular weight excluding hydrogens is 613 g/mol. The summed E-state index contributed by atoms with van der Waals surface area (Å²) in [6, 6.07) is 5.57. The van der Waals surface area contributed by atoms with E-state index in [-0.39, 0.29) is 11.1 Å². The average Bonchev–Trinajstić information content (AvgIpc) is 2.68. The lowest BCUT2D eigenvalue weighted by Gasteiger charge is -2.09. The number of halogens is 9. The van der Waals surface area contributed by atoms with Crippen LogP contribution in [-0.4, -0.2) is 24.6 Å². The van der Waals surface area contributed by atoms with Gasteiger partial charge < -0.3 is 9.47 Å². The van der Waals surface area contributed by atoms with E-state index in [4.69, 9.17) is 11.6 Å². The Kier molecular flexibility index (Phi) is 15.1. The fourth-order valence-corrected chi connectivity index (χ4v) is 2.83. The van der Waals surface area contributed by atoms with E-state index in [1.807, 2.05) is 0 Å². The number of rotatable bonds is 5. The third kappa shape index (κ3) is 11.3. The molecule has 0 amide bonds. The van der Waals surface area contributed by atoms with Crippen molar-refractivity contribution in [1.82, 2.24) is 0 Å². The molecule has 0 bridgehead atoms. The Morgan fingerprint density at radius 3 is 1.82 bits per heavy atom. The molecule has 0 unspecified atom stereocenters. The molecule has 2 rings (SSSR count). The number of ether oxygens (including phenoxy) is 2. The van der Waals surface area contributed by atoms with Crippen molar-refractivity contribution >= 4 is 54.9 Å². The lowest BCUT2D eigenvalue weighted by Crippen LogP contribution is -2.10. The predicted octanol–water partition coefficient (Wildman–Crippen LogP) is 8.61. The maximum absolute atomic E-state index is 13.5. The van der Waals surface area contributed by atoms with Gasteiger partial charge in [-0.05, 0) is 60.1 Å². The maximum atomic E-state index is 13.5. The number of carbonyl (C=O) groups is 2. The topological polar surface area (TPSA) is 52.6 Å². The molecule has 2 aromatic carbocycles. The quantitative estimate of drug-likeness (QED) is 0.189. The van der Waals surface area contributed by atoms with Gasteiger partial charge in [0.05, 0.1) is 24.3 Å². The summed E-state index contributed by atoms with van der Waals surface area (Å²) in [5.74, 6) is -3.09. The molecule has 0 fully saturated rings. The maximum Gasteiger partial charge on any atom is 0.403 e. The molecule has 0 heterocycles. The van der Waals surface area contributed by atoms with Crippen LogP contribution in [0.1, 0.15) is 48.2 Å². The molecule has 2 aromatic rings. The lowest BCUT2D eigenvalue weighted by atomic mass is 10.1. The fourth-order valence-electron chi connectivity index (χ4n) is 1.92. The summed E-state index contributed by atoms with van der Waals surface area (Å²) in [5, 5.41) is 0. The Balaban J connectivity index is 0.000000520. The highest BCUT2D eigenvalue weighted by atomic mass is 79.9. The van der Waals surface area contributed by atoms with Gasteiger partial charge in [0.25, 0.3) is 12.9 Å². The number of hydrogen-bond acceptors (Lipinski definition) is 4. The van der Waals surface area contributed by atoms with Crippen LogP contribution in [0, 0.1) is 11.6 Å². The van der Waals surface area contributed by atoms with Gasteiger partial charge in [0, 0.05) is 20.5 Å². The second kappa shape index (κ2) is 15.9. The van der Waals surface area contributed by atoms with Crippen molar-refractivity contribution < 1.29 is 45.4 Å². The smallest absolute Gasteiger partial charge is 0.403 e. The first kappa shape index (κ1) is 31.2. The Labute approximate surface area is 207 Å². The van der Waals surface area contributed by atoms with Gasteiger partial charge in [-0.3, -0.25) is 0 Å². The van der Waals surface area contributed by atoms with Gasteiger partial charge in [-0.15, -0.1) is 0 Å². The van der Waals surface area contributed by atoms with E-state index in [9.17, 15) is 35.9 Å². The van der Waals surface area contributed by atoms with Crippen molar-refractivity contribution in [3.8, 4) is 0 Å². The molecule has 0 radical (unpaired) electrons. The largest absolute Gasteiger partial charge is 0.462 e. The van der Waals surface area contributed by atoms with Crippen LogP contribution in [0.4, 0.5) is 31.1 Å². The van der Waals surface area contributed by atoms with Gasteiger partial charge in [-0.25, -0.2) is 35.9 Å². The number of benzene rings is 2. The summed E-state index contributed by atoms with van der Waals surface area (Å²) in [6.07, 6.45) is -5.72. The fraction of sp³-hybridized carbons (Fsp3) is 0.300. The Hall–Kier alpha value is -1.79. The van der Waals surface area contributed by atoms with Crippen molar-refractivity contribution in [2.24, 2.45) is 0 Å². The minimum Gasteiger partial charge on any atom is -0.462 e. The van der Waals surface area contributed by atoms with Crippen LogP contribution < -0.4 is 0 Å². The van der Waals surface area contributed by atoms with Crippen molar-refractivity contribution in [1.29, 1.82) is 0 Å². The predicted molar refractivity (Wildman–Crippen MR) is 117 cm³/mol. The van der Waals surface area contributed by atoms with Crippen LogP contribution in [0.2, 0.25) is 0 Å². The molecule has 13 heteroatoms. The summed E-state index contributed by atoms with van der Waals surface area (Å²) in [6.45, 7) is 3.63. The molecule has 0 aliphatic rings. The molecule has 0 N–H and O–H groups in total. The van der Waals surface area contributed by atoms with Gasteiger partial charge in [0.1, 0.15) is 17.2 Å². The highest BCUT2D eigenvalue weighted by molar-refractivity contribution is 9.10. The highest BCUT2D eigenvalue weighted by Gasteiger charge is 2.23. The third-order valence-electron chi connectivity index (χ3n) is 3.29. The van der Waals surface area contributed by atoms with Gasteiger partial charge in [-0.1, -0.05) is 15.9 Å². The van der Waals surface area contributed by atoms with Crippen molar-refractivity contribution in [3.63, 3.8) is 0 Å². The molecule has 0 spiro atoms. The molecule has 184 valence electrons. The summed E-state index contributed by atoms with van der Waals surface area (Å²) < 4.78 is 84.0. The van der Waals surface area contributed by atoms with E-state index in [2.05, 4.69) is 41.3 Å². The van der Waals surface area contributed by atoms with Crippen molar-refractivity contribution in [2.45, 2.75) is 26.7 Å². The number of carbonyl (C=O) groups excluding carboxylic acids is 2. The number of esters is 1. The minimum atomic E-state index is -2.97. The molecule has 0 aliphatic heterocycles. The van der Waals surface area contributed by atoms with E-state index in [0.717, 1.165) is 18.2 Å². The van der Waals surface area contributed by atoms with E-state index < -0.39 is 52.6 Å². The Morgan fingerprint density at radius 2 is 1.42 bits per heavy atom. The Bertz CT molecular complexity index is 932. The zero-order valence-corrected chi connectivity index (χ0v) is 20.9. The summed E-state index contributed by atoms with van der Waals surface area (Å²) in [7, 11) is 0. The van der Waals surface area contributed by atoms with E-state index >= 15 is 0 Å². The molecule has 0 atom stereocenters. The number of hydrogen-bond donors (Lipinski definition) is 0. The van der Waals surface area contributed by atoms with Crippen LogP contribution in [-0.2, 0) is 9.47 Å². The molecule has 0 saturated heterocycles. The zero-order chi connectivity index (χ0) is 25.7. The molecule has 0 aliphatic carbocycles. The van der Waals surface area contributed by atoms with Crippen LogP contribution in [0.3, 0.4) is 0 Å². The second-order valence-corrected chi connectivity index (χ2v) is 7.56. The first-order chi connectivity index (χ1) is 15.4. The molecular formula is C20H17Br2ClF6O4. The molecule has 0 aromatic heterocycles. The SMILES string of the molecule is CCOC(=O)Cl.CCOC(=O)c1c(Br)ccc(C(F)F)c1F.Fc1cc(Br)ccc1C(F)F. The molecule has 0 saturated carbocycles. The zero-order valence-electron chi connectivity index (χ0n) is 17.0. The van der Waals surface area contributed by atoms with Crippen LogP contribution in [0.25, 0.3) is 0 Å². The standard InChI is InChI=1S/C10H8BrF3O2.C7H4BrF3.C3H5ClO2/c1-2-16-10(15)7-6(11)4-3-5(8(7)12)9(13)14;8-4-1-2-5(7(10)11)6(9)3-4;1-2-6-3(4)5/h3-4,9H,2H2,1H3;1-3,7H;2H2,1H3. The summed E-state index contributed by atoms with van der Waals surface area (Å²) >= 11 is 10.6. The molecule has 4 nitrogen and oxygen atoms in total. The monoisotopic (exact) mass is 628 g/mol. The third-order valence-corrected chi connectivity index (χ3v) is 4.55. The van der Waals surface area contributed by atoms with Crippen molar-refractivity contribution in [3.05, 3.63) is 67.6 Å². The van der Waals surface area contributed by atoms with E-state index in [0.29, 0.717) is 11.1 Å². The van der Waals surface area contributed by atoms with E-state index in [1.54, 1.807) is 13.8 Å². The van der Waals surface area contributed by atoms with Gasteiger partial charge in [0.15, 0.2) is 0 Å². The average molecular weight is 631 g/mol. The normalized spacial score (nSPS) is 10.1.